The van der Waals surface area contributed by atoms with Crippen LogP contribution in [-0.4, -0.2) is 22.4 Å². The summed E-state index contributed by atoms with van der Waals surface area (Å²) in [6.07, 6.45) is 0.0157. The molecule has 0 N–H and O–H groups in total. The van der Waals surface area contributed by atoms with Crippen LogP contribution in [0.5, 0.6) is 17.2 Å². The third kappa shape index (κ3) is 3.03. The van der Waals surface area contributed by atoms with Gasteiger partial charge < -0.3 is 14.2 Å². The number of nitrogens with zero attached hydrogens (tertiary/aromatic N) is 3. The van der Waals surface area contributed by atoms with Crippen molar-refractivity contribution in [3.8, 4) is 17.2 Å². The van der Waals surface area contributed by atoms with E-state index in [1.165, 1.54) is 12.1 Å². The molecule has 0 amide bonds. The fourth-order valence-corrected chi connectivity index (χ4v) is 4.50. The predicted octanol–water partition coefficient (Wildman–Crippen LogP) is 5.22. The van der Waals surface area contributed by atoms with Gasteiger partial charge in [-0.3, -0.25) is 10.1 Å². The molecule has 9 heteroatoms. The number of fused-ring (bicyclic) bond motifs is 4. The van der Waals surface area contributed by atoms with Gasteiger partial charge in [-0.05, 0) is 36.4 Å². The lowest BCUT2D eigenvalue weighted by Crippen LogP contribution is -2.33. The summed E-state index contributed by atoms with van der Waals surface area (Å²) in [5.74, 6) is 2.08. The Morgan fingerprint density at radius 1 is 1.03 bits per heavy atom. The molecule has 3 aromatic carbocycles. The number of halogens is 1. The Balaban J connectivity index is 1.44. The average molecular weight is 450 g/mol. The Kier molecular flexibility index (Phi) is 4.22. The Labute approximate surface area is 187 Å². The van der Waals surface area contributed by atoms with Gasteiger partial charge in [0, 0.05) is 40.3 Å². The molecule has 6 rings (SSSR count). The number of hydrazone groups is 1. The molecular weight excluding hydrogens is 434 g/mol. The van der Waals surface area contributed by atoms with Crippen LogP contribution in [-0.2, 0) is 0 Å². The minimum Gasteiger partial charge on any atom is -0.464 e. The van der Waals surface area contributed by atoms with Crippen molar-refractivity contribution >= 4 is 23.0 Å². The first-order valence-electron chi connectivity index (χ1n) is 10.0. The molecule has 32 heavy (non-hydrogen) atoms. The Morgan fingerprint density at radius 2 is 1.88 bits per heavy atom. The molecule has 3 aliphatic rings. The molecule has 2 atom stereocenters. The molecule has 0 bridgehead atoms. The van der Waals surface area contributed by atoms with Gasteiger partial charge in [-0.25, -0.2) is 5.01 Å². The monoisotopic (exact) mass is 449 g/mol. The van der Waals surface area contributed by atoms with Crippen molar-refractivity contribution in [2.75, 3.05) is 6.79 Å². The van der Waals surface area contributed by atoms with E-state index in [-0.39, 0.29) is 18.5 Å². The van der Waals surface area contributed by atoms with E-state index >= 15 is 0 Å². The van der Waals surface area contributed by atoms with Crippen LogP contribution in [0.2, 0.25) is 5.02 Å². The second kappa shape index (κ2) is 7.13. The van der Waals surface area contributed by atoms with Gasteiger partial charge in [-0.2, -0.15) is 5.10 Å². The van der Waals surface area contributed by atoms with Crippen LogP contribution in [0.4, 0.5) is 5.69 Å². The normalized spacial score (nSPS) is 20.3. The maximum atomic E-state index is 11.3. The molecule has 3 aliphatic heterocycles. The molecule has 160 valence electrons. The van der Waals surface area contributed by atoms with E-state index in [0.717, 1.165) is 16.8 Å². The summed E-state index contributed by atoms with van der Waals surface area (Å²) in [6, 6.07) is 17.6. The first kappa shape index (κ1) is 18.9. The number of non-ortho nitro benzene ring substituents is 1. The highest BCUT2D eigenvalue weighted by atomic mass is 35.5. The SMILES string of the molecule is O=[N+]([O-])c1cccc([C@@H]2Oc3ccc(Cl)cc3[C@H]3CC(c4ccc5c(c4)OCO5)=NN32)c1. The molecule has 8 nitrogen and oxygen atoms in total. The largest absolute Gasteiger partial charge is 0.464 e. The van der Waals surface area contributed by atoms with Gasteiger partial charge in [-0.15, -0.1) is 0 Å². The average Bonchev–Trinajstić information content (AvgIpc) is 3.45. The Hall–Kier alpha value is -3.78. The van der Waals surface area contributed by atoms with Gasteiger partial charge in [0.05, 0.1) is 16.7 Å². The lowest BCUT2D eigenvalue weighted by molar-refractivity contribution is -0.385. The van der Waals surface area contributed by atoms with Crippen molar-refractivity contribution in [1.82, 2.24) is 5.01 Å². The van der Waals surface area contributed by atoms with Crippen molar-refractivity contribution < 1.29 is 19.1 Å². The van der Waals surface area contributed by atoms with E-state index in [1.807, 2.05) is 41.4 Å². The second-order valence-electron chi connectivity index (χ2n) is 7.72. The summed E-state index contributed by atoms with van der Waals surface area (Å²) >= 11 is 6.28. The van der Waals surface area contributed by atoms with Crippen LogP contribution in [0.1, 0.15) is 35.4 Å². The quantitative estimate of drug-likeness (QED) is 0.402. The topological polar surface area (TPSA) is 86.4 Å². The van der Waals surface area contributed by atoms with Crippen molar-refractivity contribution in [3.05, 3.63) is 92.5 Å². The van der Waals surface area contributed by atoms with E-state index in [9.17, 15) is 10.1 Å². The smallest absolute Gasteiger partial charge is 0.269 e. The lowest BCUT2D eigenvalue weighted by atomic mass is 9.95. The number of nitro groups is 1. The Bertz CT molecular complexity index is 1290. The van der Waals surface area contributed by atoms with Gasteiger partial charge >= 0.3 is 0 Å². The maximum absolute atomic E-state index is 11.3. The third-order valence-electron chi connectivity index (χ3n) is 5.82. The first-order chi connectivity index (χ1) is 15.6. The molecule has 0 aliphatic carbocycles. The number of ether oxygens (including phenoxy) is 3. The number of hydrogen-bond donors (Lipinski definition) is 0. The fourth-order valence-electron chi connectivity index (χ4n) is 4.32. The third-order valence-corrected chi connectivity index (χ3v) is 6.06. The highest BCUT2D eigenvalue weighted by Gasteiger charge is 2.41. The van der Waals surface area contributed by atoms with Crippen molar-refractivity contribution in [1.29, 1.82) is 0 Å². The van der Waals surface area contributed by atoms with E-state index in [2.05, 4.69) is 0 Å². The van der Waals surface area contributed by atoms with Gasteiger partial charge in [0.25, 0.3) is 5.69 Å². The van der Waals surface area contributed by atoms with Gasteiger partial charge in [0.1, 0.15) is 5.75 Å². The van der Waals surface area contributed by atoms with Crippen LogP contribution in [0, 0.1) is 10.1 Å². The van der Waals surface area contributed by atoms with E-state index < -0.39 is 11.2 Å². The van der Waals surface area contributed by atoms with Gasteiger partial charge in [0.2, 0.25) is 13.0 Å². The van der Waals surface area contributed by atoms with Crippen LogP contribution in [0.15, 0.2) is 65.8 Å². The van der Waals surface area contributed by atoms with E-state index in [1.54, 1.807) is 12.1 Å². The summed E-state index contributed by atoms with van der Waals surface area (Å²) in [7, 11) is 0. The molecule has 0 unspecified atom stereocenters. The summed E-state index contributed by atoms with van der Waals surface area (Å²) in [6.45, 7) is 0.203. The van der Waals surface area contributed by atoms with Crippen LogP contribution in [0.25, 0.3) is 0 Å². The van der Waals surface area contributed by atoms with Crippen molar-refractivity contribution in [3.63, 3.8) is 0 Å². The maximum Gasteiger partial charge on any atom is 0.269 e. The standard InChI is InChI=1S/C23H16ClN3O5/c24-15-5-7-20-17(10-15)19-11-18(13-4-6-21-22(9-13)31-12-30-21)25-26(19)23(32-20)14-2-1-3-16(8-14)27(28)29/h1-10,19,23H,11-12H2/t19-,23+/m1/s1. The minimum atomic E-state index is -0.611. The van der Waals surface area contributed by atoms with Crippen LogP contribution >= 0.6 is 11.6 Å². The van der Waals surface area contributed by atoms with Gasteiger partial charge in [-0.1, -0.05) is 23.7 Å². The molecule has 3 aromatic rings. The fraction of sp³-hybridized carbons (Fsp3) is 0.174. The first-order valence-corrected chi connectivity index (χ1v) is 10.4. The van der Waals surface area contributed by atoms with Gasteiger partial charge in [0.15, 0.2) is 11.5 Å². The number of benzene rings is 3. The molecule has 0 aromatic heterocycles. The highest BCUT2D eigenvalue weighted by Crippen LogP contribution is 2.48. The van der Waals surface area contributed by atoms with E-state index in [0.29, 0.717) is 34.3 Å². The summed E-state index contributed by atoms with van der Waals surface area (Å²) in [5, 5.41) is 18.7. The molecule has 0 saturated heterocycles. The van der Waals surface area contributed by atoms with Crippen molar-refractivity contribution in [2.45, 2.75) is 18.7 Å². The highest BCUT2D eigenvalue weighted by molar-refractivity contribution is 6.30. The Morgan fingerprint density at radius 3 is 2.75 bits per heavy atom. The van der Waals surface area contributed by atoms with Crippen LogP contribution in [0.3, 0.4) is 0 Å². The molecule has 3 heterocycles. The number of nitro benzene ring substituents is 1. The zero-order valence-corrected chi connectivity index (χ0v) is 17.4. The second-order valence-corrected chi connectivity index (χ2v) is 8.16. The minimum absolute atomic E-state index is 0.00345. The summed E-state index contributed by atoms with van der Waals surface area (Å²) in [5.41, 5.74) is 3.37. The number of hydrogen-bond acceptors (Lipinski definition) is 7. The predicted molar refractivity (Wildman–Crippen MR) is 116 cm³/mol. The lowest BCUT2D eigenvalue weighted by Gasteiger charge is -2.38. The van der Waals surface area contributed by atoms with Crippen molar-refractivity contribution in [2.24, 2.45) is 5.10 Å². The van der Waals surface area contributed by atoms with E-state index in [4.69, 9.17) is 30.9 Å². The molecule has 0 spiro atoms. The zero-order chi connectivity index (χ0) is 21.8. The molecular formula is C23H16ClN3O5. The van der Waals surface area contributed by atoms with Crippen LogP contribution < -0.4 is 14.2 Å². The summed E-state index contributed by atoms with van der Waals surface area (Å²) < 4.78 is 17.2. The molecule has 0 fully saturated rings. The molecule has 0 radical (unpaired) electrons. The zero-order valence-electron chi connectivity index (χ0n) is 16.6. The summed E-state index contributed by atoms with van der Waals surface area (Å²) in [4.78, 5) is 10.9. The number of rotatable bonds is 3. The molecule has 0 saturated carbocycles.